The van der Waals surface area contributed by atoms with Crippen molar-refractivity contribution in [3.63, 3.8) is 0 Å². The van der Waals surface area contributed by atoms with Gasteiger partial charge in [-0.2, -0.15) is 0 Å². The van der Waals surface area contributed by atoms with Gasteiger partial charge < -0.3 is 10.2 Å². The fourth-order valence-electron chi connectivity index (χ4n) is 3.63. The van der Waals surface area contributed by atoms with Gasteiger partial charge in [0.2, 0.25) is 5.91 Å². The van der Waals surface area contributed by atoms with Crippen molar-refractivity contribution in [2.75, 3.05) is 24.2 Å². The molecule has 166 valence electrons. The van der Waals surface area contributed by atoms with Crippen molar-refractivity contribution in [3.8, 4) is 0 Å². The van der Waals surface area contributed by atoms with E-state index in [-0.39, 0.29) is 29.1 Å². The molecule has 0 unspecified atom stereocenters. The van der Waals surface area contributed by atoms with Crippen LogP contribution in [0, 0.1) is 28.8 Å². The van der Waals surface area contributed by atoms with Gasteiger partial charge in [0.1, 0.15) is 10.7 Å². The molecule has 2 aromatic carbocycles. The first kappa shape index (κ1) is 22.7. The second-order valence-electron chi connectivity index (χ2n) is 7.74. The molecule has 3 rings (SSSR count). The van der Waals surface area contributed by atoms with Gasteiger partial charge in [0.05, 0.1) is 4.92 Å². The van der Waals surface area contributed by atoms with Gasteiger partial charge in [0.25, 0.3) is 5.69 Å². The number of anilines is 1. The number of nitro benzene ring substituents is 1. The highest BCUT2D eigenvalue weighted by Gasteiger charge is 2.28. The summed E-state index contributed by atoms with van der Waals surface area (Å²) in [5.74, 6) is -0.628. The second kappa shape index (κ2) is 9.01. The van der Waals surface area contributed by atoms with E-state index in [9.17, 15) is 27.7 Å². The molecule has 1 heterocycles. The average Bonchev–Trinajstić information content (AvgIpc) is 2.73. The lowest BCUT2D eigenvalue weighted by Gasteiger charge is -2.33. The first-order valence-electron chi connectivity index (χ1n) is 9.82. The Hall–Kier alpha value is -3.01. The highest BCUT2D eigenvalue weighted by molar-refractivity contribution is 7.90. The van der Waals surface area contributed by atoms with Crippen LogP contribution in [0.2, 0.25) is 0 Å². The Bertz CT molecular complexity index is 1110. The number of benzene rings is 2. The van der Waals surface area contributed by atoms with Crippen molar-refractivity contribution in [1.29, 1.82) is 0 Å². The number of halogens is 1. The van der Waals surface area contributed by atoms with E-state index in [1.165, 1.54) is 24.3 Å². The maximum absolute atomic E-state index is 13.6. The van der Waals surface area contributed by atoms with E-state index in [0.717, 1.165) is 6.26 Å². The molecule has 1 aliphatic heterocycles. The van der Waals surface area contributed by atoms with Gasteiger partial charge >= 0.3 is 0 Å². The number of amides is 1. The van der Waals surface area contributed by atoms with Crippen molar-refractivity contribution < 1.29 is 22.5 Å². The number of nitrogens with zero attached hydrogens (tertiary/aromatic N) is 2. The molecule has 2 aromatic rings. The van der Waals surface area contributed by atoms with Crippen molar-refractivity contribution >= 4 is 27.1 Å². The van der Waals surface area contributed by atoms with Crippen LogP contribution in [0.3, 0.4) is 0 Å². The Morgan fingerprint density at radius 1 is 1.23 bits per heavy atom. The lowest BCUT2D eigenvalue weighted by molar-refractivity contribution is -0.387. The van der Waals surface area contributed by atoms with Crippen LogP contribution in [0.1, 0.15) is 24.0 Å². The molecule has 1 fully saturated rings. The Morgan fingerprint density at radius 2 is 1.90 bits per heavy atom. The molecular weight excluding hydrogens is 425 g/mol. The maximum atomic E-state index is 13.6. The highest BCUT2D eigenvalue weighted by Crippen LogP contribution is 2.31. The normalized spacial score (nSPS) is 15.0. The number of aryl methyl sites for hydroxylation is 1. The van der Waals surface area contributed by atoms with Crippen molar-refractivity contribution in [2.45, 2.75) is 31.2 Å². The van der Waals surface area contributed by atoms with E-state index < -0.39 is 20.4 Å². The number of nitro groups is 1. The van der Waals surface area contributed by atoms with Crippen molar-refractivity contribution in [1.82, 2.24) is 5.32 Å². The monoisotopic (exact) mass is 449 g/mol. The first-order valence-corrected chi connectivity index (χ1v) is 11.7. The van der Waals surface area contributed by atoms with Crippen LogP contribution >= 0.6 is 0 Å². The van der Waals surface area contributed by atoms with Crippen LogP contribution in [0.4, 0.5) is 15.8 Å². The lowest BCUT2D eigenvalue weighted by atomic mass is 9.95. The average molecular weight is 450 g/mol. The molecule has 31 heavy (non-hydrogen) atoms. The van der Waals surface area contributed by atoms with Gasteiger partial charge in [0, 0.05) is 43.6 Å². The van der Waals surface area contributed by atoms with Crippen LogP contribution in [0.15, 0.2) is 41.3 Å². The van der Waals surface area contributed by atoms with Gasteiger partial charge in [-0.3, -0.25) is 14.9 Å². The van der Waals surface area contributed by atoms with E-state index in [0.29, 0.717) is 42.7 Å². The van der Waals surface area contributed by atoms with Crippen LogP contribution in [0.25, 0.3) is 0 Å². The molecule has 0 atom stereocenters. The predicted molar refractivity (Wildman–Crippen MR) is 114 cm³/mol. The van der Waals surface area contributed by atoms with Gasteiger partial charge in [-0.05, 0) is 49.1 Å². The molecule has 1 aliphatic rings. The van der Waals surface area contributed by atoms with Crippen LogP contribution in [0.5, 0.6) is 0 Å². The lowest BCUT2D eigenvalue weighted by Crippen LogP contribution is -2.40. The minimum Gasteiger partial charge on any atom is -0.371 e. The molecule has 1 saturated heterocycles. The quantitative estimate of drug-likeness (QED) is 0.536. The minimum absolute atomic E-state index is 0.110. The maximum Gasteiger partial charge on any atom is 0.288 e. The third-order valence-corrected chi connectivity index (χ3v) is 6.60. The molecule has 1 N–H and O–H groups in total. The standard InChI is InChI=1S/C21H24FN3O5S/c1-14-3-4-15(11-18(14)22)13-23-21(26)16-7-9-24(10-8-16)17-5-6-19(25(27)28)20(12-17)31(2,29)30/h3-6,11-12,16H,7-10,13H2,1-2H3,(H,23,26). The Labute approximate surface area is 180 Å². The summed E-state index contributed by atoms with van der Waals surface area (Å²) in [6, 6.07) is 8.90. The Kier molecular flexibility index (Phi) is 6.59. The number of nitrogens with one attached hydrogen (secondary N) is 1. The largest absolute Gasteiger partial charge is 0.371 e. The summed E-state index contributed by atoms with van der Waals surface area (Å²) < 4.78 is 37.6. The molecule has 10 heteroatoms. The zero-order valence-corrected chi connectivity index (χ0v) is 18.1. The summed E-state index contributed by atoms with van der Waals surface area (Å²) in [6.45, 7) is 2.95. The van der Waals surface area contributed by atoms with E-state index >= 15 is 0 Å². The van der Waals surface area contributed by atoms with Crippen molar-refractivity contribution in [2.24, 2.45) is 5.92 Å². The molecule has 0 bridgehead atoms. The van der Waals surface area contributed by atoms with E-state index in [2.05, 4.69) is 5.32 Å². The number of carbonyl (C=O) groups is 1. The minimum atomic E-state index is -3.76. The zero-order valence-electron chi connectivity index (χ0n) is 17.3. The molecule has 0 saturated carbocycles. The fraction of sp³-hybridized carbons (Fsp3) is 0.381. The molecular formula is C21H24FN3O5S. The number of rotatable bonds is 6. The number of piperidine rings is 1. The summed E-state index contributed by atoms with van der Waals surface area (Å²) in [5.41, 5.74) is 1.36. The summed E-state index contributed by atoms with van der Waals surface area (Å²) >= 11 is 0. The van der Waals surface area contributed by atoms with Gasteiger partial charge in [-0.15, -0.1) is 0 Å². The molecule has 1 amide bonds. The number of hydrogen-bond donors (Lipinski definition) is 1. The van der Waals surface area contributed by atoms with Crippen LogP contribution in [-0.4, -0.2) is 38.6 Å². The van der Waals surface area contributed by atoms with Gasteiger partial charge in [-0.1, -0.05) is 12.1 Å². The number of hydrogen-bond acceptors (Lipinski definition) is 6. The fourth-order valence-corrected chi connectivity index (χ4v) is 4.48. The molecule has 0 radical (unpaired) electrons. The van der Waals surface area contributed by atoms with E-state index in [4.69, 9.17) is 0 Å². The van der Waals surface area contributed by atoms with Crippen LogP contribution in [-0.2, 0) is 21.2 Å². The number of sulfone groups is 1. The van der Waals surface area contributed by atoms with Gasteiger partial charge in [0.15, 0.2) is 9.84 Å². The SMILES string of the molecule is Cc1ccc(CNC(=O)C2CCN(c3ccc([N+](=O)[O-])c(S(C)(=O)=O)c3)CC2)cc1F. The van der Waals surface area contributed by atoms with E-state index in [1.807, 2.05) is 4.90 Å². The smallest absolute Gasteiger partial charge is 0.288 e. The van der Waals surface area contributed by atoms with Gasteiger partial charge in [-0.25, -0.2) is 12.8 Å². The van der Waals surface area contributed by atoms with E-state index in [1.54, 1.807) is 19.1 Å². The molecule has 0 spiro atoms. The topological polar surface area (TPSA) is 110 Å². The Morgan fingerprint density at radius 3 is 2.48 bits per heavy atom. The zero-order chi connectivity index (χ0) is 22.8. The number of carbonyl (C=O) groups excluding carboxylic acids is 1. The Balaban J connectivity index is 1.62. The molecule has 0 aliphatic carbocycles. The van der Waals surface area contributed by atoms with Crippen molar-refractivity contribution in [3.05, 3.63) is 63.5 Å². The molecule has 8 nitrogen and oxygen atoms in total. The first-order chi connectivity index (χ1) is 14.6. The highest BCUT2D eigenvalue weighted by atomic mass is 32.2. The summed E-state index contributed by atoms with van der Waals surface area (Å²) in [4.78, 5) is 24.5. The van der Waals surface area contributed by atoms with Crippen LogP contribution < -0.4 is 10.2 Å². The predicted octanol–water partition coefficient (Wildman–Crippen LogP) is 2.98. The third-order valence-electron chi connectivity index (χ3n) is 5.47. The third kappa shape index (κ3) is 5.38. The summed E-state index contributed by atoms with van der Waals surface area (Å²) in [7, 11) is -3.76. The summed E-state index contributed by atoms with van der Waals surface area (Å²) in [6.07, 6.45) is 2.05. The summed E-state index contributed by atoms with van der Waals surface area (Å²) in [5, 5.41) is 14.0. The molecule has 0 aromatic heterocycles. The second-order valence-corrected chi connectivity index (χ2v) is 9.73.